The first kappa shape index (κ1) is 31.8. The van der Waals surface area contributed by atoms with Crippen LogP contribution in [0.15, 0.2) is 42.5 Å². The average Bonchev–Trinajstić information content (AvgIpc) is 3.16. The third-order valence-electron chi connectivity index (χ3n) is 6.80. The van der Waals surface area contributed by atoms with Crippen molar-refractivity contribution in [3.63, 3.8) is 0 Å². The molecule has 0 heterocycles. The maximum Gasteiger partial charge on any atom is 0.325 e. The van der Waals surface area contributed by atoms with Gasteiger partial charge in [0.1, 0.15) is 19.8 Å². The van der Waals surface area contributed by atoms with Gasteiger partial charge in [-0.1, -0.05) is 42.5 Å². The molecule has 0 radical (unpaired) electrons. The third kappa shape index (κ3) is 12.9. The summed E-state index contributed by atoms with van der Waals surface area (Å²) in [5.74, 6) is -1.09. The standard InChI is InChI=1S/C27H42N2O9/c30-21(13-12-20-8-4-3-5-9-20)14-15-23-22(24(31)18-25(23)32)10-6-1-2-7-11-26(33)28-19-27(34)37-16-17-38-29(35)36/h1,3-6,8-9,21-25,30-32,35-36H,2,7,10-19H2,(H,28,33)/b6-1-/t21-,22+,23+,24-,25+/m0/s1. The second-order valence-corrected chi connectivity index (χ2v) is 9.64. The van der Waals surface area contributed by atoms with E-state index in [1.807, 2.05) is 42.5 Å². The van der Waals surface area contributed by atoms with Crippen molar-refractivity contribution in [2.24, 2.45) is 11.8 Å². The van der Waals surface area contributed by atoms with Gasteiger partial charge in [-0.05, 0) is 68.8 Å². The molecule has 1 aromatic carbocycles. The van der Waals surface area contributed by atoms with Crippen LogP contribution in [0.2, 0.25) is 0 Å². The number of carbonyl (C=O) groups excluding carboxylic acids is 2. The zero-order valence-electron chi connectivity index (χ0n) is 21.7. The van der Waals surface area contributed by atoms with E-state index >= 15 is 0 Å². The number of ether oxygens (including phenoxy) is 1. The fraction of sp³-hybridized carbons (Fsp3) is 0.630. The van der Waals surface area contributed by atoms with Crippen molar-refractivity contribution in [3.05, 3.63) is 48.0 Å². The average molecular weight is 539 g/mol. The summed E-state index contributed by atoms with van der Waals surface area (Å²) in [6.07, 6.45) is 7.48. The number of allylic oxidation sites excluding steroid dienone is 2. The number of benzene rings is 1. The lowest BCUT2D eigenvalue weighted by molar-refractivity contribution is -0.493. The van der Waals surface area contributed by atoms with Gasteiger partial charge in [0, 0.05) is 6.42 Å². The zero-order chi connectivity index (χ0) is 27.8. The number of carbonyl (C=O) groups is 2. The second kappa shape index (κ2) is 18.0. The van der Waals surface area contributed by atoms with Crippen LogP contribution in [0.1, 0.15) is 56.9 Å². The van der Waals surface area contributed by atoms with Crippen molar-refractivity contribution in [3.8, 4) is 0 Å². The van der Waals surface area contributed by atoms with Crippen molar-refractivity contribution in [2.75, 3.05) is 19.8 Å². The predicted octanol–water partition coefficient (Wildman–Crippen LogP) is 1.91. The van der Waals surface area contributed by atoms with Gasteiger partial charge in [-0.3, -0.25) is 20.0 Å². The van der Waals surface area contributed by atoms with Gasteiger partial charge in [-0.2, -0.15) is 0 Å². The van der Waals surface area contributed by atoms with Crippen LogP contribution < -0.4 is 5.32 Å². The molecule has 5 atom stereocenters. The summed E-state index contributed by atoms with van der Waals surface area (Å²) >= 11 is 0. The number of unbranched alkanes of at least 4 members (excludes halogenated alkanes) is 1. The van der Waals surface area contributed by atoms with Gasteiger partial charge in [0.2, 0.25) is 5.91 Å². The molecule has 11 heteroatoms. The van der Waals surface area contributed by atoms with Crippen LogP contribution in [0, 0.1) is 11.8 Å². The molecule has 2 rings (SSSR count). The van der Waals surface area contributed by atoms with Gasteiger partial charge in [-0.25, -0.2) is 4.84 Å². The number of rotatable bonds is 18. The van der Waals surface area contributed by atoms with E-state index in [0.29, 0.717) is 44.9 Å². The summed E-state index contributed by atoms with van der Waals surface area (Å²) in [5, 5.41) is 50.0. The van der Waals surface area contributed by atoms with Crippen LogP contribution in [-0.4, -0.2) is 81.1 Å². The third-order valence-corrected chi connectivity index (χ3v) is 6.80. The van der Waals surface area contributed by atoms with Crippen LogP contribution in [0.25, 0.3) is 0 Å². The van der Waals surface area contributed by atoms with E-state index in [4.69, 9.17) is 15.2 Å². The molecule has 0 aromatic heterocycles. The summed E-state index contributed by atoms with van der Waals surface area (Å²) in [6, 6.07) is 10.0. The molecule has 214 valence electrons. The topological polar surface area (TPSA) is 169 Å². The highest BCUT2D eigenvalue weighted by molar-refractivity contribution is 5.81. The van der Waals surface area contributed by atoms with E-state index in [1.54, 1.807) is 0 Å². The normalized spacial score (nSPS) is 22.2. The molecule has 1 amide bonds. The lowest BCUT2D eigenvalue weighted by atomic mass is 9.85. The summed E-state index contributed by atoms with van der Waals surface area (Å²) in [6.45, 7) is -0.728. The SMILES string of the molecule is O=C(CCC/C=C\C[C@@H]1[C@@H](CC[C@@H](O)CCc2ccccc2)[C@H](O)C[C@@H]1O)NCC(=O)OCCON(O)O. The Morgan fingerprint density at radius 2 is 1.79 bits per heavy atom. The molecular formula is C27H42N2O9. The van der Waals surface area contributed by atoms with Crippen LogP contribution in [-0.2, 0) is 25.6 Å². The van der Waals surface area contributed by atoms with Crippen LogP contribution >= 0.6 is 0 Å². The number of esters is 1. The first-order chi connectivity index (χ1) is 18.3. The maximum absolute atomic E-state index is 11.9. The molecule has 0 aliphatic heterocycles. The summed E-state index contributed by atoms with van der Waals surface area (Å²) < 4.78 is 4.74. The van der Waals surface area contributed by atoms with Crippen LogP contribution in [0.4, 0.5) is 0 Å². The number of hydrogen-bond acceptors (Lipinski definition) is 10. The molecule has 6 N–H and O–H groups in total. The van der Waals surface area contributed by atoms with Crippen molar-refractivity contribution in [1.82, 2.24) is 10.7 Å². The van der Waals surface area contributed by atoms with Crippen LogP contribution in [0.5, 0.6) is 0 Å². The monoisotopic (exact) mass is 538 g/mol. The number of hydrogen-bond donors (Lipinski definition) is 6. The molecule has 0 bridgehead atoms. The highest BCUT2D eigenvalue weighted by Crippen LogP contribution is 2.38. The van der Waals surface area contributed by atoms with E-state index in [1.165, 1.54) is 5.56 Å². The first-order valence-corrected chi connectivity index (χ1v) is 13.2. The van der Waals surface area contributed by atoms with E-state index in [2.05, 4.69) is 10.2 Å². The Labute approximate surface area is 223 Å². The molecule has 0 unspecified atom stereocenters. The van der Waals surface area contributed by atoms with Gasteiger partial charge in [0.15, 0.2) is 0 Å². The molecule has 1 fully saturated rings. The van der Waals surface area contributed by atoms with Crippen molar-refractivity contribution in [2.45, 2.75) is 76.1 Å². The van der Waals surface area contributed by atoms with E-state index in [-0.39, 0.29) is 43.9 Å². The fourth-order valence-electron chi connectivity index (χ4n) is 4.75. The number of aliphatic hydroxyl groups is 3. The molecule has 38 heavy (non-hydrogen) atoms. The van der Waals surface area contributed by atoms with E-state index in [9.17, 15) is 24.9 Å². The quantitative estimate of drug-likeness (QED) is 0.0702. The Kier molecular flexibility index (Phi) is 15.1. The van der Waals surface area contributed by atoms with E-state index < -0.39 is 29.7 Å². The number of aliphatic hydroxyl groups excluding tert-OH is 3. The number of amides is 1. The minimum absolute atomic E-state index is 0.0654. The lowest BCUT2D eigenvalue weighted by Crippen LogP contribution is -2.31. The Bertz CT molecular complexity index is 837. The molecule has 1 aliphatic rings. The first-order valence-electron chi connectivity index (χ1n) is 13.2. The molecule has 1 aliphatic carbocycles. The van der Waals surface area contributed by atoms with Gasteiger partial charge >= 0.3 is 5.97 Å². The largest absolute Gasteiger partial charge is 0.462 e. The van der Waals surface area contributed by atoms with Crippen LogP contribution in [0.3, 0.4) is 0 Å². The number of nitrogens with zero attached hydrogens (tertiary/aromatic N) is 1. The molecule has 1 aromatic rings. The molecule has 11 nitrogen and oxygen atoms in total. The predicted molar refractivity (Wildman–Crippen MR) is 137 cm³/mol. The van der Waals surface area contributed by atoms with Gasteiger partial charge in [0.05, 0.1) is 23.7 Å². The second-order valence-electron chi connectivity index (χ2n) is 9.64. The van der Waals surface area contributed by atoms with Gasteiger partial charge < -0.3 is 25.4 Å². The van der Waals surface area contributed by atoms with Gasteiger partial charge in [-0.15, -0.1) is 0 Å². The Balaban J connectivity index is 1.60. The highest BCUT2D eigenvalue weighted by atomic mass is 17.1. The van der Waals surface area contributed by atoms with Crippen molar-refractivity contribution in [1.29, 1.82) is 0 Å². The van der Waals surface area contributed by atoms with Gasteiger partial charge in [0.25, 0.3) is 0 Å². The fourth-order valence-corrected chi connectivity index (χ4v) is 4.75. The zero-order valence-corrected chi connectivity index (χ0v) is 21.7. The molecule has 0 saturated heterocycles. The molecular weight excluding hydrogens is 496 g/mol. The number of aryl methyl sites for hydroxylation is 1. The number of nitrogens with one attached hydrogen (secondary N) is 1. The van der Waals surface area contributed by atoms with Crippen molar-refractivity contribution < 1.29 is 44.9 Å². The Morgan fingerprint density at radius 3 is 2.53 bits per heavy atom. The maximum atomic E-state index is 11.9. The molecule has 0 spiro atoms. The smallest absolute Gasteiger partial charge is 0.325 e. The van der Waals surface area contributed by atoms with E-state index in [0.717, 1.165) is 6.42 Å². The summed E-state index contributed by atoms with van der Waals surface area (Å²) in [4.78, 5) is 27.6. The summed E-state index contributed by atoms with van der Waals surface area (Å²) in [7, 11) is 0. The highest BCUT2D eigenvalue weighted by Gasteiger charge is 2.40. The minimum Gasteiger partial charge on any atom is -0.462 e. The lowest BCUT2D eigenvalue weighted by Gasteiger charge is -2.23. The minimum atomic E-state index is -0.667. The summed E-state index contributed by atoms with van der Waals surface area (Å²) in [5.41, 5.74) is 1.19. The Morgan fingerprint density at radius 1 is 1.05 bits per heavy atom. The van der Waals surface area contributed by atoms with Crippen molar-refractivity contribution >= 4 is 11.9 Å². The Hall–Kier alpha value is -2.38. The molecule has 1 saturated carbocycles.